The van der Waals surface area contributed by atoms with Gasteiger partial charge in [-0.15, -0.1) is 0 Å². The van der Waals surface area contributed by atoms with Crippen molar-refractivity contribution >= 4 is 17.6 Å². The van der Waals surface area contributed by atoms with Crippen LogP contribution in [-0.4, -0.2) is 22.6 Å². The predicted molar refractivity (Wildman–Crippen MR) is 59.1 cm³/mol. The van der Waals surface area contributed by atoms with E-state index in [4.69, 9.17) is 0 Å². The lowest BCUT2D eigenvalue weighted by Gasteiger charge is -2.04. The zero-order valence-corrected chi connectivity index (χ0v) is 9.37. The quantitative estimate of drug-likeness (QED) is 0.522. The van der Waals surface area contributed by atoms with Crippen LogP contribution in [-0.2, 0) is 4.79 Å². The Morgan fingerprint density at radius 1 is 1.29 bits per heavy atom. The minimum atomic E-state index is -0.466. The summed E-state index contributed by atoms with van der Waals surface area (Å²) in [6.45, 7) is 1.42. The fourth-order valence-electron chi connectivity index (χ4n) is 1.36. The SMILES string of the molecule is CC(=O)c1c[nH]c(C(=O)NNC(=O)C2CC2)c1. The van der Waals surface area contributed by atoms with Gasteiger partial charge in [0.1, 0.15) is 5.69 Å². The Kier molecular flexibility index (Phi) is 2.95. The Hall–Kier alpha value is -2.11. The summed E-state index contributed by atoms with van der Waals surface area (Å²) in [5.41, 5.74) is 5.31. The molecule has 0 atom stereocenters. The van der Waals surface area contributed by atoms with E-state index in [9.17, 15) is 14.4 Å². The minimum absolute atomic E-state index is 0.0340. The normalized spacial score (nSPS) is 14.2. The molecule has 90 valence electrons. The van der Waals surface area contributed by atoms with E-state index in [0.717, 1.165) is 12.8 Å². The van der Waals surface area contributed by atoms with Gasteiger partial charge in [0.05, 0.1) is 0 Å². The molecular formula is C11H13N3O3. The molecule has 2 rings (SSSR count). The smallest absolute Gasteiger partial charge is 0.286 e. The van der Waals surface area contributed by atoms with Gasteiger partial charge in [0, 0.05) is 17.7 Å². The first kappa shape index (κ1) is 11.4. The summed E-state index contributed by atoms with van der Waals surface area (Å²) in [7, 11) is 0. The van der Waals surface area contributed by atoms with E-state index in [1.165, 1.54) is 19.2 Å². The van der Waals surface area contributed by atoms with Crippen LogP contribution in [0.2, 0.25) is 0 Å². The molecule has 0 saturated heterocycles. The van der Waals surface area contributed by atoms with Gasteiger partial charge < -0.3 is 4.98 Å². The highest BCUT2D eigenvalue weighted by Gasteiger charge is 2.29. The number of H-pyrrole nitrogens is 1. The number of hydrogen-bond acceptors (Lipinski definition) is 3. The summed E-state index contributed by atoms with van der Waals surface area (Å²) in [4.78, 5) is 36.5. The number of aromatic amines is 1. The Balaban J connectivity index is 1.89. The van der Waals surface area contributed by atoms with Crippen LogP contribution in [0.3, 0.4) is 0 Å². The van der Waals surface area contributed by atoms with E-state index < -0.39 is 5.91 Å². The van der Waals surface area contributed by atoms with Crippen molar-refractivity contribution in [3.05, 3.63) is 23.5 Å². The maximum absolute atomic E-state index is 11.6. The first-order valence-corrected chi connectivity index (χ1v) is 5.37. The average Bonchev–Trinajstić information content (AvgIpc) is 3.02. The maximum atomic E-state index is 11.6. The van der Waals surface area contributed by atoms with Gasteiger partial charge in [-0.3, -0.25) is 25.2 Å². The number of ketones is 1. The van der Waals surface area contributed by atoms with Crippen molar-refractivity contribution in [2.24, 2.45) is 5.92 Å². The summed E-state index contributed by atoms with van der Waals surface area (Å²) in [5, 5.41) is 0. The topological polar surface area (TPSA) is 91.1 Å². The number of carbonyl (C=O) groups is 3. The van der Waals surface area contributed by atoms with Gasteiger partial charge in [-0.05, 0) is 25.8 Å². The van der Waals surface area contributed by atoms with E-state index in [0.29, 0.717) is 5.56 Å². The Morgan fingerprint density at radius 2 is 2.00 bits per heavy atom. The molecule has 0 spiro atoms. The van der Waals surface area contributed by atoms with Crippen LogP contribution in [0.25, 0.3) is 0 Å². The second kappa shape index (κ2) is 4.40. The van der Waals surface area contributed by atoms with Crippen LogP contribution >= 0.6 is 0 Å². The van der Waals surface area contributed by atoms with Gasteiger partial charge in [0.15, 0.2) is 5.78 Å². The van der Waals surface area contributed by atoms with Gasteiger partial charge >= 0.3 is 0 Å². The first-order valence-electron chi connectivity index (χ1n) is 5.37. The summed E-state index contributed by atoms with van der Waals surface area (Å²) in [6, 6.07) is 1.45. The van der Waals surface area contributed by atoms with E-state index >= 15 is 0 Å². The standard InChI is InChI=1S/C11H13N3O3/c1-6(15)8-4-9(12-5-8)11(17)14-13-10(16)7-2-3-7/h4-5,7,12H,2-3H2,1H3,(H,13,16)(H,14,17). The number of rotatable bonds is 3. The molecule has 6 nitrogen and oxygen atoms in total. The molecule has 0 unspecified atom stereocenters. The lowest BCUT2D eigenvalue weighted by atomic mass is 10.2. The van der Waals surface area contributed by atoms with Crippen molar-refractivity contribution in [3.63, 3.8) is 0 Å². The lowest BCUT2D eigenvalue weighted by molar-refractivity contribution is -0.123. The number of hydrogen-bond donors (Lipinski definition) is 3. The molecule has 17 heavy (non-hydrogen) atoms. The highest BCUT2D eigenvalue weighted by molar-refractivity contribution is 5.99. The molecule has 1 aliphatic rings. The first-order chi connectivity index (χ1) is 8.08. The lowest BCUT2D eigenvalue weighted by Crippen LogP contribution is -2.42. The fourth-order valence-corrected chi connectivity index (χ4v) is 1.36. The van der Waals surface area contributed by atoms with Crippen molar-refractivity contribution < 1.29 is 14.4 Å². The number of nitrogens with one attached hydrogen (secondary N) is 3. The van der Waals surface area contributed by atoms with Gasteiger partial charge in [-0.2, -0.15) is 0 Å². The highest BCUT2D eigenvalue weighted by Crippen LogP contribution is 2.28. The Bertz CT molecular complexity index is 474. The van der Waals surface area contributed by atoms with Crippen molar-refractivity contribution in [2.75, 3.05) is 0 Å². The molecule has 1 heterocycles. The molecule has 1 fully saturated rings. The van der Waals surface area contributed by atoms with Crippen molar-refractivity contribution in [1.29, 1.82) is 0 Å². The van der Waals surface area contributed by atoms with Crippen LogP contribution in [0, 0.1) is 5.92 Å². The zero-order valence-electron chi connectivity index (χ0n) is 9.37. The largest absolute Gasteiger partial charge is 0.356 e. The number of aromatic nitrogens is 1. The van der Waals surface area contributed by atoms with Crippen molar-refractivity contribution in [1.82, 2.24) is 15.8 Å². The maximum Gasteiger partial charge on any atom is 0.286 e. The predicted octanol–water partition coefficient (Wildman–Crippen LogP) is 0.388. The van der Waals surface area contributed by atoms with E-state index in [2.05, 4.69) is 15.8 Å². The third-order valence-corrected chi connectivity index (χ3v) is 2.58. The average molecular weight is 235 g/mol. The number of hydrazine groups is 1. The third-order valence-electron chi connectivity index (χ3n) is 2.58. The van der Waals surface area contributed by atoms with Gasteiger partial charge in [0.25, 0.3) is 5.91 Å². The molecule has 1 aromatic rings. The molecule has 0 aromatic carbocycles. The summed E-state index contributed by atoms with van der Waals surface area (Å²) >= 11 is 0. The van der Waals surface area contributed by atoms with Gasteiger partial charge in [-0.1, -0.05) is 0 Å². The van der Waals surface area contributed by atoms with Crippen LogP contribution < -0.4 is 10.9 Å². The van der Waals surface area contributed by atoms with E-state index in [1.807, 2.05) is 0 Å². The highest BCUT2D eigenvalue weighted by atomic mass is 16.2. The van der Waals surface area contributed by atoms with Crippen molar-refractivity contribution in [2.45, 2.75) is 19.8 Å². The van der Waals surface area contributed by atoms with Crippen LogP contribution in [0.1, 0.15) is 40.6 Å². The van der Waals surface area contributed by atoms with Crippen molar-refractivity contribution in [3.8, 4) is 0 Å². The second-order valence-electron chi connectivity index (χ2n) is 4.08. The number of carbonyl (C=O) groups excluding carboxylic acids is 3. The Labute approximate surface area is 97.7 Å². The monoisotopic (exact) mass is 235 g/mol. The van der Waals surface area contributed by atoms with Crippen LogP contribution in [0.15, 0.2) is 12.3 Å². The minimum Gasteiger partial charge on any atom is -0.356 e. The summed E-state index contributed by atoms with van der Waals surface area (Å²) in [5.74, 6) is -0.725. The zero-order chi connectivity index (χ0) is 12.4. The summed E-state index contributed by atoms with van der Waals surface area (Å²) in [6.07, 6.45) is 3.21. The molecule has 1 aromatic heterocycles. The molecule has 1 saturated carbocycles. The van der Waals surface area contributed by atoms with Crippen LogP contribution in [0.4, 0.5) is 0 Å². The molecule has 2 amide bonds. The van der Waals surface area contributed by atoms with E-state index in [1.54, 1.807) is 0 Å². The second-order valence-corrected chi connectivity index (χ2v) is 4.08. The molecule has 0 radical (unpaired) electrons. The molecule has 1 aliphatic carbocycles. The van der Waals surface area contributed by atoms with Gasteiger partial charge in [-0.25, -0.2) is 0 Å². The summed E-state index contributed by atoms with van der Waals surface area (Å²) < 4.78 is 0. The molecular weight excluding hydrogens is 222 g/mol. The van der Waals surface area contributed by atoms with E-state index in [-0.39, 0.29) is 23.3 Å². The molecule has 0 bridgehead atoms. The molecule has 6 heteroatoms. The Morgan fingerprint density at radius 3 is 2.53 bits per heavy atom. The number of Topliss-reactive ketones (excluding diaryl/α,β-unsaturated/α-hetero) is 1. The fraction of sp³-hybridized carbons (Fsp3) is 0.364. The van der Waals surface area contributed by atoms with Gasteiger partial charge in [0.2, 0.25) is 5.91 Å². The molecule has 0 aliphatic heterocycles. The molecule has 3 N–H and O–H groups in total. The third kappa shape index (κ3) is 2.72. The van der Waals surface area contributed by atoms with Crippen LogP contribution in [0.5, 0.6) is 0 Å². The number of amides is 2.